The summed E-state index contributed by atoms with van der Waals surface area (Å²) in [6, 6.07) is 13.3. The number of oxazole rings is 1. The van der Waals surface area contributed by atoms with E-state index in [1.807, 2.05) is 30.3 Å². The van der Waals surface area contributed by atoms with Gasteiger partial charge in [0, 0.05) is 11.3 Å². The van der Waals surface area contributed by atoms with Gasteiger partial charge in [-0.15, -0.1) is 0 Å². The lowest BCUT2D eigenvalue weighted by molar-refractivity contribution is 0.507. The standard InChI is InChI=1S/C21H13F2N5OS/c22-17-7-6-13(8-18(17)23)20-27-14(10-29-20)11-30-21-16-9-26-28(19(16)24-12-25-21)15-4-2-1-3-5-15/h1-10,12H,11H2. The van der Waals surface area contributed by atoms with Crippen molar-refractivity contribution in [3.63, 3.8) is 0 Å². The van der Waals surface area contributed by atoms with Gasteiger partial charge < -0.3 is 4.42 Å². The maximum Gasteiger partial charge on any atom is 0.226 e. The van der Waals surface area contributed by atoms with E-state index in [0.717, 1.165) is 28.2 Å². The van der Waals surface area contributed by atoms with E-state index in [9.17, 15) is 8.78 Å². The molecule has 148 valence electrons. The summed E-state index contributed by atoms with van der Waals surface area (Å²) in [6.45, 7) is 0. The van der Waals surface area contributed by atoms with E-state index in [1.54, 1.807) is 10.9 Å². The summed E-state index contributed by atoms with van der Waals surface area (Å²) >= 11 is 1.46. The van der Waals surface area contributed by atoms with E-state index in [1.165, 1.54) is 30.4 Å². The highest BCUT2D eigenvalue weighted by molar-refractivity contribution is 7.98. The van der Waals surface area contributed by atoms with Crippen molar-refractivity contribution in [2.75, 3.05) is 0 Å². The molecule has 3 heterocycles. The van der Waals surface area contributed by atoms with Crippen molar-refractivity contribution in [2.24, 2.45) is 0 Å². The number of benzene rings is 2. The summed E-state index contributed by atoms with van der Waals surface area (Å²) in [5, 5.41) is 6.03. The molecule has 0 amide bonds. The Bertz CT molecular complexity index is 1340. The molecule has 0 aliphatic heterocycles. The Morgan fingerprint density at radius 2 is 1.87 bits per heavy atom. The van der Waals surface area contributed by atoms with Crippen molar-refractivity contribution in [3.05, 3.63) is 84.6 Å². The highest BCUT2D eigenvalue weighted by Gasteiger charge is 2.14. The van der Waals surface area contributed by atoms with Gasteiger partial charge in [-0.25, -0.2) is 28.4 Å². The Hall–Kier alpha value is -3.59. The topological polar surface area (TPSA) is 69.6 Å². The molecule has 3 aromatic heterocycles. The van der Waals surface area contributed by atoms with Crippen LogP contribution in [0.2, 0.25) is 0 Å². The summed E-state index contributed by atoms with van der Waals surface area (Å²) in [5.74, 6) is -1.14. The van der Waals surface area contributed by atoms with E-state index in [0.29, 0.717) is 22.7 Å². The lowest BCUT2D eigenvalue weighted by atomic mass is 10.2. The fraction of sp³-hybridized carbons (Fsp3) is 0.0476. The van der Waals surface area contributed by atoms with Crippen LogP contribution in [0.1, 0.15) is 5.69 Å². The summed E-state index contributed by atoms with van der Waals surface area (Å²) in [5.41, 5.74) is 2.65. The van der Waals surface area contributed by atoms with E-state index in [4.69, 9.17) is 4.42 Å². The number of aromatic nitrogens is 5. The molecule has 0 aliphatic carbocycles. The van der Waals surface area contributed by atoms with Crippen molar-refractivity contribution in [1.82, 2.24) is 24.7 Å². The van der Waals surface area contributed by atoms with Crippen LogP contribution in [0.15, 0.2) is 76.8 Å². The molecule has 0 saturated carbocycles. The Labute approximate surface area is 173 Å². The van der Waals surface area contributed by atoms with Gasteiger partial charge in [-0.1, -0.05) is 30.0 Å². The maximum absolute atomic E-state index is 13.4. The largest absolute Gasteiger partial charge is 0.444 e. The van der Waals surface area contributed by atoms with E-state index in [2.05, 4.69) is 20.1 Å². The second-order valence-corrected chi connectivity index (χ2v) is 7.33. The lowest BCUT2D eigenvalue weighted by Gasteiger charge is -2.03. The molecule has 0 unspecified atom stereocenters. The van der Waals surface area contributed by atoms with Crippen LogP contribution in [0.5, 0.6) is 0 Å². The van der Waals surface area contributed by atoms with Crippen LogP contribution < -0.4 is 0 Å². The fourth-order valence-electron chi connectivity index (χ4n) is 2.97. The van der Waals surface area contributed by atoms with Crippen LogP contribution in [-0.4, -0.2) is 24.7 Å². The number of hydrogen-bond acceptors (Lipinski definition) is 6. The molecule has 0 aliphatic rings. The lowest BCUT2D eigenvalue weighted by Crippen LogP contribution is -1.97. The Kier molecular flexibility index (Phi) is 4.72. The second-order valence-electron chi connectivity index (χ2n) is 6.37. The molecule has 0 spiro atoms. The molecule has 0 atom stereocenters. The zero-order chi connectivity index (χ0) is 20.5. The first-order valence-corrected chi connectivity index (χ1v) is 9.94. The van der Waals surface area contributed by atoms with Crippen LogP contribution >= 0.6 is 11.8 Å². The van der Waals surface area contributed by atoms with Crippen molar-refractivity contribution >= 4 is 22.8 Å². The molecular weight excluding hydrogens is 408 g/mol. The van der Waals surface area contributed by atoms with Gasteiger partial charge in [0.2, 0.25) is 5.89 Å². The van der Waals surface area contributed by atoms with Gasteiger partial charge >= 0.3 is 0 Å². The summed E-state index contributed by atoms with van der Waals surface area (Å²) in [4.78, 5) is 13.1. The SMILES string of the molecule is Fc1ccc(-c2nc(CSc3ncnc4c3cnn4-c3ccccc3)co2)cc1F. The summed E-state index contributed by atoms with van der Waals surface area (Å²) < 4.78 is 33.7. The van der Waals surface area contributed by atoms with E-state index >= 15 is 0 Å². The average molecular weight is 421 g/mol. The van der Waals surface area contributed by atoms with Crippen molar-refractivity contribution in [2.45, 2.75) is 10.8 Å². The predicted molar refractivity (Wildman–Crippen MR) is 108 cm³/mol. The number of rotatable bonds is 5. The van der Waals surface area contributed by atoms with Gasteiger partial charge in [-0.3, -0.25) is 0 Å². The first kappa shape index (κ1) is 18.4. The normalized spacial score (nSPS) is 11.3. The predicted octanol–water partition coefficient (Wildman–Crippen LogP) is 5.04. The number of para-hydroxylation sites is 1. The van der Waals surface area contributed by atoms with Crippen molar-refractivity contribution in [1.29, 1.82) is 0 Å². The minimum atomic E-state index is -0.944. The van der Waals surface area contributed by atoms with Crippen LogP contribution in [0.25, 0.3) is 28.2 Å². The van der Waals surface area contributed by atoms with Crippen LogP contribution in [0.4, 0.5) is 8.78 Å². The molecule has 0 bridgehead atoms. The summed E-state index contributed by atoms with van der Waals surface area (Å²) in [6.07, 6.45) is 4.73. The zero-order valence-electron chi connectivity index (χ0n) is 15.4. The molecule has 0 fully saturated rings. The molecular formula is C21H13F2N5OS. The number of fused-ring (bicyclic) bond motifs is 1. The number of thioether (sulfide) groups is 1. The quantitative estimate of drug-likeness (QED) is 0.292. The van der Waals surface area contributed by atoms with Crippen molar-refractivity contribution < 1.29 is 13.2 Å². The third kappa shape index (κ3) is 3.43. The van der Waals surface area contributed by atoms with Gasteiger partial charge in [0.25, 0.3) is 0 Å². The molecule has 5 aromatic rings. The van der Waals surface area contributed by atoms with E-state index < -0.39 is 11.6 Å². The Balaban J connectivity index is 1.38. The molecule has 0 N–H and O–H groups in total. The highest BCUT2D eigenvalue weighted by Crippen LogP contribution is 2.29. The highest BCUT2D eigenvalue weighted by atomic mass is 32.2. The van der Waals surface area contributed by atoms with Gasteiger partial charge in [-0.2, -0.15) is 5.10 Å². The number of hydrogen-bond donors (Lipinski definition) is 0. The fourth-order valence-corrected chi connectivity index (χ4v) is 3.81. The first-order chi connectivity index (χ1) is 14.7. The zero-order valence-corrected chi connectivity index (χ0v) is 16.2. The van der Waals surface area contributed by atoms with Crippen molar-refractivity contribution in [3.8, 4) is 17.1 Å². The Morgan fingerprint density at radius 1 is 1.00 bits per heavy atom. The first-order valence-electron chi connectivity index (χ1n) is 8.96. The monoisotopic (exact) mass is 421 g/mol. The van der Waals surface area contributed by atoms with E-state index in [-0.39, 0.29) is 5.89 Å². The van der Waals surface area contributed by atoms with Crippen LogP contribution in [0, 0.1) is 11.6 Å². The molecule has 0 saturated heterocycles. The average Bonchev–Trinajstić information content (AvgIpc) is 3.42. The number of halogens is 2. The molecule has 2 aromatic carbocycles. The third-order valence-electron chi connectivity index (χ3n) is 4.41. The summed E-state index contributed by atoms with van der Waals surface area (Å²) in [7, 11) is 0. The minimum absolute atomic E-state index is 0.231. The smallest absolute Gasteiger partial charge is 0.226 e. The molecule has 6 nitrogen and oxygen atoms in total. The van der Waals surface area contributed by atoms with Crippen LogP contribution in [0.3, 0.4) is 0 Å². The third-order valence-corrected chi connectivity index (χ3v) is 5.44. The maximum atomic E-state index is 13.4. The molecule has 30 heavy (non-hydrogen) atoms. The van der Waals surface area contributed by atoms with Gasteiger partial charge in [-0.05, 0) is 30.3 Å². The molecule has 0 radical (unpaired) electrons. The molecule has 5 rings (SSSR count). The van der Waals surface area contributed by atoms with Crippen LogP contribution in [-0.2, 0) is 5.75 Å². The second kappa shape index (κ2) is 7.68. The Morgan fingerprint density at radius 3 is 2.70 bits per heavy atom. The van der Waals surface area contributed by atoms with Gasteiger partial charge in [0.15, 0.2) is 17.3 Å². The number of nitrogens with zero attached hydrogens (tertiary/aromatic N) is 5. The van der Waals surface area contributed by atoms with Gasteiger partial charge in [0.05, 0.1) is 23.0 Å². The van der Waals surface area contributed by atoms with Gasteiger partial charge in [0.1, 0.15) is 17.6 Å². The molecule has 9 heteroatoms. The minimum Gasteiger partial charge on any atom is -0.444 e.